The summed E-state index contributed by atoms with van der Waals surface area (Å²) in [6, 6.07) is 0. The van der Waals surface area contributed by atoms with Gasteiger partial charge in [0, 0.05) is 36.1 Å². The van der Waals surface area contributed by atoms with E-state index >= 15 is 0 Å². The first kappa shape index (κ1) is 9.86. The fourth-order valence-electron chi connectivity index (χ4n) is 1.55. The van der Waals surface area contributed by atoms with Crippen LogP contribution in [0.15, 0.2) is 0 Å². The summed E-state index contributed by atoms with van der Waals surface area (Å²) in [5.74, 6) is 1.35. The number of hydrogen-bond donors (Lipinski definition) is 1. The summed E-state index contributed by atoms with van der Waals surface area (Å²) in [5, 5.41) is 1.01. The fourth-order valence-corrected chi connectivity index (χ4v) is 2.36. The van der Waals surface area contributed by atoms with Crippen molar-refractivity contribution < 1.29 is 0 Å². The minimum absolute atomic E-state index is 0.0380. The number of nitrogens with two attached hydrogens (primary N) is 1. The van der Waals surface area contributed by atoms with Crippen LogP contribution in [0.4, 0.5) is 5.13 Å². The molecule has 0 amide bonds. The Morgan fingerprint density at radius 2 is 2.14 bits per heavy atom. The van der Waals surface area contributed by atoms with Gasteiger partial charge in [0.25, 0.3) is 0 Å². The van der Waals surface area contributed by atoms with Crippen LogP contribution in [0.25, 0.3) is 0 Å². The van der Waals surface area contributed by atoms with Gasteiger partial charge in [0.15, 0.2) is 0 Å². The third-order valence-corrected chi connectivity index (χ3v) is 3.11. The maximum Gasteiger partial charge on any atom is 0.205 e. The van der Waals surface area contributed by atoms with Crippen LogP contribution in [0.1, 0.15) is 32.5 Å². The predicted molar refractivity (Wildman–Crippen MR) is 58.8 cm³/mol. The maximum atomic E-state index is 5.93. The third-order valence-electron chi connectivity index (χ3n) is 2.32. The van der Waals surface area contributed by atoms with Crippen LogP contribution in [0.5, 0.6) is 0 Å². The summed E-state index contributed by atoms with van der Waals surface area (Å²) in [4.78, 5) is 6.66. The van der Waals surface area contributed by atoms with E-state index in [0.717, 1.165) is 24.0 Å². The van der Waals surface area contributed by atoms with E-state index in [4.69, 9.17) is 5.73 Å². The lowest BCUT2D eigenvalue weighted by molar-refractivity contribution is 0.365. The smallest absolute Gasteiger partial charge is 0.205 e. The van der Waals surface area contributed by atoms with Gasteiger partial charge in [-0.05, 0) is 6.92 Å². The summed E-state index contributed by atoms with van der Waals surface area (Å²) in [5.41, 5.74) is 5.89. The highest BCUT2D eigenvalue weighted by atomic mass is 32.1. The van der Waals surface area contributed by atoms with Gasteiger partial charge in [-0.25, -0.2) is 4.98 Å². The number of nitrogens with zero attached hydrogens (tertiary/aromatic N) is 3. The quantitative estimate of drug-likeness (QED) is 0.800. The van der Waals surface area contributed by atoms with E-state index in [2.05, 4.69) is 35.0 Å². The normalized spacial score (nSPS) is 19.9. The summed E-state index contributed by atoms with van der Waals surface area (Å²) in [6.07, 6.45) is 0. The molecule has 0 aliphatic carbocycles. The highest BCUT2D eigenvalue weighted by Crippen LogP contribution is 2.28. The first-order valence-corrected chi connectivity index (χ1v) is 5.63. The van der Waals surface area contributed by atoms with Crippen LogP contribution in [0.2, 0.25) is 0 Å². The molecule has 1 aromatic heterocycles. The molecule has 14 heavy (non-hydrogen) atoms. The lowest BCUT2D eigenvalue weighted by Gasteiger charge is -2.45. The second-order valence-electron chi connectivity index (χ2n) is 4.60. The molecule has 0 spiro atoms. The average Bonchev–Trinajstić information content (AvgIpc) is 2.47. The van der Waals surface area contributed by atoms with E-state index in [1.165, 1.54) is 11.5 Å². The molecule has 5 heteroatoms. The predicted octanol–water partition coefficient (Wildman–Crippen LogP) is 1.20. The largest absolute Gasteiger partial charge is 0.343 e. The van der Waals surface area contributed by atoms with Crippen molar-refractivity contribution in [1.29, 1.82) is 0 Å². The standard InChI is InChI=1S/C9H16N4S/c1-6(2)7-11-8(14-12-7)13-4-9(3,10)5-13/h6H,4-5,10H2,1-3H3. The molecule has 2 heterocycles. The molecule has 2 rings (SSSR count). The topological polar surface area (TPSA) is 55.0 Å². The van der Waals surface area contributed by atoms with Gasteiger partial charge in [-0.15, -0.1) is 0 Å². The Hall–Kier alpha value is -0.680. The van der Waals surface area contributed by atoms with Crippen molar-refractivity contribution >= 4 is 16.7 Å². The van der Waals surface area contributed by atoms with Crippen molar-refractivity contribution in [1.82, 2.24) is 9.36 Å². The number of anilines is 1. The Kier molecular flexibility index (Phi) is 2.23. The van der Waals surface area contributed by atoms with Crippen molar-refractivity contribution in [3.8, 4) is 0 Å². The molecule has 0 aromatic carbocycles. The van der Waals surface area contributed by atoms with E-state index in [9.17, 15) is 0 Å². The first-order chi connectivity index (χ1) is 6.48. The maximum absolute atomic E-state index is 5.93. The number of hydrogen-bond acceptors (Lipinski definition) is 5. The van der Waals surface area contributed by atoms with E-state index in [-0.39, 0.29) is 5.54 Å². The van der Waals surface area contributed by atoms with Crippen LogP contribution in [-0.4, -0.2) is 28.0 Å². The van der Waals surface area contributed by atoms with Crippen molar-refractivity contribution in [2.45, 2.75) is 32.2 Å². The average molecular weight is 212 g/mol. The second kappa shape index (κ2) is 3.17. The second-order valence-corrected chi connectivity index (χ2v) is 5.33. The molecule has 78 valence electrons. The van der Waals surface area contributed by atoms with E-state index in [0.29, 0.717) is 5.92 Å². The molecule has 1 fully saturated rings. The summed E-state index contributed by atoms with van der Waals surface area (Å²) in [7, 11) is 0. The molecular weight excluding hydrogens is 196 g/mol. The van der Waals surface area contributed by atoms with Crippen molar-refractivity contribution in [3.63, 3.8) is 0 Å². The van der Waals surface area contributed by atoms with Crippen LogP contribution < -0.4 is 10.6 Å². The van der Waals surface area contributed by atoms with Gasteiger partial charge in [-0.1, -0.05) is 13.8 Å². The minimum atomic E-state index is -0.0380. The zero-order valence-corrected chi connectivity index (χ0v) is 9.64. The highest BCUT2D eigenvalue weighted by molar-refractivity contribution is 7.09. The first-order valence-electron chi connectivity index (χ1n) is 4.85. The van der Waals surface area contributed by atoms with Gasteiger partial charge in [-0.2, -0.15) is 4.37 Å². The molecule has 0 radical (unpaired) electrons. The van der Waals surface area contributed by atoms with E-state index in [1.807, 2.05) is 0 Å². The molecule has 0 unspecified atom stereocenters. The third kappa shape index (κ3) is 1.74. The Labute approximate surface area is 88.3 Å². The van der Waals surface area contributed by atoms with Gasteiger partial charge in [0.1, 0.15) is 5.82 Å². The Balaban J connectivity index is 2.05. The number of rotatable bonds is 2. The van der Waals surface area contributed by atoms with Gasteiger partial charge in [-0.3, -0.25) is 0 Å². The summed E-state index contributed by atoms with van der Waals surface area (Å²) in [6.45, 7) is 8.05. The lowest BCUT2D eigenvalue weighted by Crippen LogP contribution is -2.65. The minimum Gasteiger partial charge on any atom is -0.343 e. The van der Waals surface area contributed by atoms with Crippen molar-refractivity contribution in [2.24, 2.45) is 5.73 Å². The summed E-state index contributed by atoms with van der Waals surface area (Å²) < 4.78 is 4.31. The molecule has 2 N–H and O–H groups in total. The molecule has 0 bridgehead atoms. The Morgan fingerprint density at radius 3 is 2.57 bits per heavy atom. The molecule has 1 aliphatic heterocycles. The van der Waals surface area contributed by atoms with Crippen molar-refractivity contribution in [3.05, 3.63) is 5.82 Å². The van der Waals surface area contributed by atoms with E-state index in [1.54, 1.807) is 0 Å². The fraction of sp³-hybridized carbons (Fsp3) is 0.778. The SMILES string of the molecule is CC(C)c1nsc(N2CC(C)(N)C2)n1. The Bertz CT molecular complexity index is 323. The van der Waals surface area contributed by atoms with Crippen molar-refractivity contribution in [2.75, 3.05) is 18.0 Å². The van der Waals surface area contributed by atoms with Crippen LogP contribution in [0.3, 0.4) is 0 Å². The number of aromatic nitrogens is 2. The van der Waals surface area contributed by atoms with Crippen LogP contribution in [-0.2, 0) is 0 Å². The van der Waals surface area contributed by atoms with Gasteiger partial charge >= 0.3 is 0 Å². The van der Waals surface area contributed by atoms with Gasteiger partial charge in [0.2, 0.25) is 5.13 Å². The summed E-state index contributed by atoms with van der Waals surface area (Å²) >= 11 is 1.47. The lowest BCUT2D eigenvalue weighted by atomic mass is 9.95. The van der Waals surface area contributed by atoms with E-state index < -0.39 is 0 Å². The molecule has 4 nitrogen and oxygen atoms in total. The monoisotopic (exact) mass is 212 g/mol. The van der Waals surface area contributed by atoms with Gasteiger partial charge in [0.05, 0.1) is 0 Å². The molecule has 1 saturated heterocycles. The zero-order chi connectivity index (χ0) is 10.3. The zero-order valence-electron chi connectivity index (χ0n) is 8.82. The molecule has 0 atom stereocenters. The van der Waals surface area contributed by atoms with Crippen LogP contribution >= 0.6 is 11.5 Å². The molecule has 1 aliphatic rings. The Morgan fingerprint density at radius 1 is 1.50 bits per heavy atom. The molecule has 0 saturated carbocycles. The highest BCUT2D eigenvalue weighted by Gasteiger charge is 2.36. The van der Waals surface area contributed by atoms with Gasteiger partial charge < -0.3 is 10.6 Å². The molecular formula is C9H16N4S. The van der Waals surface area contributed by atoms with Crippen LogP contribution in [0, 0.1) is 0 Å². The molecule has 1 aromatic rings.